The summed E-state index contributed by atoms with van der Waals surface area (Å²) in [6.07, 6.45) is -28.5. The normalized spacial score (nSPS) is 15.2. The average Bonchev–Trinajstić information content (AvgIpc) is 2.75. The van der Waals surface area contributed by atoms with Gasteiger partial charge in [-0.05, 0) is 47.5 Å². The van der Waals surface area contributed by atoms with Crippen LogP contribution >= 0.6 is 0 Å². The largest absolute Gasteiger partial charge is 0.460 e. The number of rotatable bonds is 6. The Morgan fingerprint density at radius 2 is 0.558 bits per heavy atom. The van der Waals surface area contributed by atoms with Crippen molar-refractivity contribution in [3.05, 3.63) is 58.7 Å². The van der Waals surface area contributed by atoms with Gasteiger partial charge in [-0.1, -0.05) is 0 Å². The zero-order chi connectivity index (χ0) is 34.2. The first-order chi connectivity index (χ1) is 18.7. The molecule has 0 aliphatic carbocycles. The Morgan fingerprint density at radius 3 is 0.767 bits per heavy atom. The van der Waals surface area contributed by atoms with Crippen molar-refractivity contribution in [3.8, 4) is 0 Å². The maximum Gasteiger partial charge on any atom is 0.460 e. The number of anilines is 2. The SMILES string of the molecule is Nc1cc(C(F)(F)C(F)(F)C(F)(F)F)cc(C(c2cc(N)cc(C(F)(F)C(F)(F)C(F)(F)F)c2)(C(F)(F)F)C(F)(F)F)c1. The van der Waals surface area contributed by atoms with E-state index in [0.717, 1.165) is 0 Å². The molecule has 0 heterocycles. The van der Waals surface area contributed by atoms with Crippen LogP contribution < -0.4 is 11.5 Å². The lowest BCUT2D eigenvalue weighted by atomic mass is 9.71. The van der Waals surface area contributed by atoms with E-state index in [1.54, 1.807) is 0 Å². The molecular formula is C21H10F20N2. The summed E-state index contributed by atoms with van der Waals surface area (Å²) in [7, 11) is 0. The zero-order valence-electron chi connectivity index (χ0n) is 19.7. The lowest BCUT2D eigenvalue weighted by molar-refractivity contribution is -0.359. The Labute approximate surface area is 224 Å². The molecule has 2 aromatic carbocycles. The van der Waals surface area contributed by atoms with Gasteiger partial charge >= 0.3 is 48.4 Å². The molecular weight excluding hydrogens is 660 g/mol. The summed E-state index contributed by atoms with van der Waals surface area (Å²) >= 11 is 0. The number of hydrogen-bond donors (Lipinski definition) is 2. The van der Waals surface area contributed by atoms with Gasteiger partial charge in [-0.2, -0.15) is 87.8 Å². The molecule has 0 aliphatic rings. The van der Waals surface area contributed by atoms with Gasteiger partial charge < -0.3 is 11.5 Å². The number of alkyl halides is 20. The summed E-state index contributed by atoms with van der Waals surface area (Å²) in [6, 6.07) is -4.74. The van der Waals surface area contributed by atoms with Gasteiger partial charge in [0.2, 0.25) is 5.41 Å². The first kappa shape index (κ1) is 35.8. The van der Waals surface area contributed by atoms with Gasteiger partial charge in [-0.25, -0.2) is 0 Å². The smallest absolute Gasteiger partial charge is 0.399 e. The highest BCUT2D eigenvalue weighted by Crippen LogP contribution is 2.60. The van der Waals surface area contributed by atoms with Gasteiger partial charge in [-0.15, -0.1) is 0 Å². The van der Waals surface area contributed by atoms with Gasteiger partial charge in [-0.3, -0.25) is 0 Å². The molecule has 0 saturated carbocycles. The minimum Gasteiger partial charge on any atom is -0.399 e. The highest BCUT2D eigenvalue weighted by atomic mass is 19.4. The summed E-state index contributed by atoms with van der Waals surface area (Å²) in [5, 5.41) is 0. The van der Waals surface area contributed by atoms with E-state index in [1.807, 2.05) is 0 Å². The molecule has 2 aromatic rings. The van der Waals surface area contributed by atoms with E-state index in [-0.39, 0.29) is 0 Å². The summed E-state index contributed by atoms with van der Waals surface area (Å²) in [6.45, 7) is 0. The topological polar surface area (TPSA) is 52.0 Å². The van der Waals surface area contributed by atoms with Crippen LogP contribution in [-0.4, -0.2) is 36.6 Å². The fourth-order valence-electron chi connectivity index (χ4n) is 3.80. The molecule has 244 valence electrons. The molecule has 0 saturated heterocycles. The van der Waals surface area contributed by atoms with Crippen LogP contribution in [0.15, 0.2) is 36.4 Å². The van der Waals surface area contributed by atoms with Crippen molar-refractivity contribution in [3.63, 3.8) is 0 Å². The van der Waals surface area contributed by atoms with Crippen LogP contribution in [-0.2, 0) is 17.3 Å². The first-order valence-corrected chi connectivity index (χ1v) is 10.3. The van der Waals surface area contributed by atoms with Crippen molar-refractivity contribution < 1.29 is 87.8 Å². The molecule has 4 N–H and O–H groups in total. The van der Waals surface area contributed by atoms with Crippen molar-refractivity contribution in [2.45, 2.75) is 53.8 Å². The van der Waals surface area contributed by atoms with Gasteiger partial charge in [0, 0.05) is 22.5 Å². The molecule has 0 unspecified atom stereocenters. The molecule has 2 rings (SSSR count). The van der Waals surface area contributed by atoms with Crippen LogP contribution in [0.2, 0.25) is 0 Å². The number of halogens is 20. The Morgan fingerprint density at radius 1 is 0.326 bits per heavy atom. The molecule has 0 fully saturated rings. The second-order valence-corrected chi connectivity index (χ2v) is 8.73. The molecule has 0 radical (unpaired) electrons. The van der Waals surface area contributed by atoms with Crippen molar-refractivity contribution in [1.82, 2.24) is 0 Å². The standard InChI is InChI=1S/C21H10F20N2/c22-14(23,16(26,27)20(36,37)38)9-1-7(3-11(42)5-9)13(18(30,31)32,19(33,34)35)8-2-10(6-12(43)4-8)15(24,25)17(28,29)21(39,40)41/h1-6H,42-43H2. The average molecular weight is 670 g/mol. The highest BCUT2D eigenvalue weighted by molar-refractivity contribution is 5.58. The Balaban J connectivity index is 3.16. The van der Waals surface area contributed by atoms with Crippen molar-refractivity contribution >= 4 is 11.4 Å². The van der Waals surface area contributed by atoms with E-state index < -0.39 is 124 Å². The maximum atomic E-state index is 14.4. The van der Waals surface area contributed by atoms with E-state index in [1.165, 1.54) is 0 Å². The first-order valence-electron chi connectivity index (χ1n) is 10.3. The summed E-state index contributed by atoms with van der Waals surface area (Å²) in [5.41, 5.74) is -11.3. The van der Waals surface area contributed by atoms with Crippen molar-refractivity contribution in [2.24, 2.45) is 0 Å². The van der Waals surface area contributed by atoms with Crippen LogP contribution in [0.4, 0.5) is 99.2 Å². The van der Waals surface area contributed by atoms with E-state index in [9.17, 15) is 87.8 Å². The quantitative estimate of drug-likeness (QED) is 0.239. The third kappa shape index (κ3) is 5.33. The van der Waals surface area contributed by atoms with Gasteiger partial charge in [0.1, 0.15) is 0 Å². The number of nitrogen functional groups attached to an aromatic ring is 2. The van der Waals surface area contributed by atoms with E-state index in [2.05, 4.69) is 0 Å². The molecule has 22 heteroatoms. The molecule has 43 heavy (non-hydrogen) atoms. The van der Waals surface area contributed by atoms with Crippen LogP contribution in [0.1, 0.15) is 22.3 Å². The maximum absolute atomic E-state index is 14.4. The Bertz CT molecular complexity index is 1240. The summed E-state index contributed by atoms with van der Waals surface area (Å²) < 4.78 is 273. The lowest BCUT2D eigenvalue weighted by Gasteiger charge is -2.40. The van der Waals surface area contributed by atoms with Gasteiger partial charge in [0.15, 0.2) is 0 Å². The minimum atomic E-state index is -7.18. The molecule has 0 spiro atoms. The second kappa shape index (κ2) is 9.83. The van der Waals surface area contributed by atoms with Crippen molar-refractivity contribution in [1.29, 1.82) is 0 Å². The minimum absolute atomic E-state index is 0.572. The van der Waals surface area contributed by atoms with Gasteiger partial charge in [0.05, 0.1) is 0 Å². The van der Waals surface area contributed by atoms with Gasteiger partial charge in [0.25, 0.3) is 0 Å². The van der Waals surface area contributed by atoms with E-state index in [4.69, 9.17) is 11.5 Å². The van der Waals surface area contributed by atoms with E-state index in [0.29, 0.717) is 0 Å². The summed E-state index contributed by atoms with van der Waals surface area (Å²) in [4.78, 5) is 0. The number of hydrogen-bond acceptors (Lipinski definition) is 2. The highest BCUT2D eigenvalue weighted by Gasteiger charge is 2.77. The van der Waals surface area contributed by atoms with Crippen LogP contribution in [0.5, 0.6) is 0 Å². The van der Waals surface area contributed by atoms with E-state index >= 15 is 0 Å². The number of benzene rings is 2. The van der Waals surface area contributed by atoms with Crippen molar-refractivity contribution in [2.75, 3.05) is 11.5 Å². The van der Waals surface area contributed by atoms with Crippen LogP contribution in [0, 0.1) is 0 Å². The molecule has 0 aromatic heterocycles. The molecule has 2 nitrogen and oxygen atoms in total. The fraction of sp³-hybridized carbons (Fsp3) is 0.429. The molecule has 0 atom stereocenters. The molecule has 0 aliphatic heterocycles. The summed E-state index contributed by atoms with van der Waals surface area (Å²) in [5.74, 6) is -27.7. The Hall–Kier alpha value is -3.36. The predicted octanol–water partition coefficient (Wildman–Crippen LogP) is 8.84. The predicted molar refractivity (Wildman–Crippen MR) is 104 cm³/mol. The number of nitrogens with two attached hydrogens (primary N) is 2. The zero-order valence-corrected chi connectivity index (χ0v) is 19.7. The monoisotopic (exact) mass is 670 g/mol. The molecule has 0 bridgehead atoms. The lowest BCUT2D eigenvalue weighted by Crippen LogP contribution is -2.55. The van der Waals surface area contributed by atoms with Crippen LogP contribution in [0.25, 0.3) is 0 Å². The molecule has 0 amide bonds. The third-order valence-corrected chi connectivity index (χ3v) is 5.85. The Kier molecular flexibility index (Phi) is 8.19. The third-order valence-electron chi connectivity index (χ3n) is 5.85. The second-order valence-electron chi connectivity index (χ2n) is 8.73. The fourth-order valence-corrected chi connectivity index (χ4v) is 3.80. The van der Waals surface area contributed by atoms with Crippen LogP contribution in [0.3, 0.4) is 0 Å².